The summed E-state index contributed by atoms with van der Waals surface area (Å²) in [5, 5.41) is 15.7. The molecule has 2 heterocycles. The number of carbonyl (C=O) groups excluding carboxylic acids is 1. The van der Waals surface area contributed by atoms with Crippen molar-refractivity contribution in [3.8, 4) is 6.07 Å². The smallest absolute Gasteiger partial charge is 0.323 e. The number of nitriles is 1. The van der Waals surface area contributed by atoms with Gasteiger partial charge in [-0.25, -0.2) is 4.79 Å². The van der Waals surface area contributed by atoms with Crippen LogP contribution in [0, 0.1) is 17.2 Å². The molecule has 0 saturated carbocycles. The molecule has 0 aromatic carbocycles. The van der Waals surface area contributed by atoms with Crippen LogP contribution in [0.5, 0.6) is 0 Å². The molecule has 0 spiro atoms. The third kappa shape index (κ3) is 2.62. The molecule has 2 rings (SSSR count). The molecule has 2 amide bonds. The van der Waals surface area contributed by atoms with Gasteiger partial charge >= 0.3 is 6.03 Å². The molecule has 0 bridgehead atoms. The minimum atomic E-state index is -0.170. The lowest BCUT2D eigenvalue weighted by molar-refractivity contribution is 0.182. The predicted octanol–water partition coefficient (Wildman–Crippen LogP) is 1.56. The zero-order chi connectivity index (χ0) is 13.1. The Labute approximate surface area is 106 Å². The number of amides is 2. The van der Waals surface area contributed by atoms with Crippen molar-refractivity contribution in [2.24, 2.45) is 13.0 Å². The predicted molar refractivity (Wildman–Crippen MR) is 66.9 cm³/mol. The minimum Gasteiger partial charge on any atom is -0.324 e. The van der Waals surface area contributed by atoms with E-state index in [1.54, 1.807) is 18.1 Å². The van der Waals surface area contributed by atoms with E-state index >= 15 is 0 Å². The Morgan fingerprint density at radius 2 is 2.44 bits per heavy atom. The van der Waals surface area contributed by atoms with Crippen LogP contribution in [-0.4, -0.2) is 33.8 Å². The molecule has 6 nitrogen and oxygen atoms in total. The van der Waals surface area contributed by atoms with Crippen molar-refractivity contribution in [2.45, 2.75) is 19.8 Å². The second kappa shape index (κ2) is 5.08. The number of urea groups is 1. The number of hydrogen-bond acceptors (Lipinski definition) is 3. The van der Waals surface area contributed by atoms with Crippen molar-refractivity contribution in [3.05, 3.63) is 11.8 Å². The Morgan fingerprint density at radius 3 is 3.11 bits per heavy atom. The van der Waals surface area contributed by atoms with Crippen molar-refractivity contribution in [3.63, 3.8) is 0 Å². The molecule has 0 radical (unpaired) electrons. The Kier molecular flexibility index (Phi) is 3.51. The molecule has 96 valence electrons. The molecular weight excluding hydrogens is 230 g/mol. The summed E-state index contributed by atoms with van der Waals surface area (Å²) in [5.41, 5.74) is 0.385. The first-order valence-corrected chi connectivity index (χ1v) is 6.10. The lowest BCUT2D eigenvalue weighted by Crippen LogP contribution is -2.41. The first-order chi connectivity index (χ1) is 8.60. The number of aromatic nitrogens is 2. The maximum absolute atomic E-state index is 12.0. The maximum atomic E-state index is 12.0. The van der Waals surface area contributed by atoms with E-state index in [9.17, 15) is 4.79 Å². The zero-order valence-electron chi connectivity index (χ0n) is 10.7. The lowest BCUT2D eigenvalue weighted by atomic mass is 10.0. The standard InChI is InChI=1S/C12H17N5O/c1-9-4-3-5-17(7-9)12(18)14-11-10(6-13)8-16(2)15-11/h8-9H,3-5,7H2,1-2H3,(H,14,15,18). The molecule has 1 aliphatic rings. The molecule has 1 aromatic heterocycles. The van der Waals surface area contributed by atoms with Gasteiger partial charge in [0.25, 0.3) is 0 Å². The van der Waals surface area contributed by atoms with Crippen molar-refractivity contribution >= 4 is 11.8 Å². The van der Waals surface area contributed by atoms with Crippen molar-refractivity contribution in [2.75, 3.05) is 18.4 Å². The topological polar surface area (TPSA) is 74.0 Å². The third-order valence-corrected chi connectivity index (χ3v) is 3.12. The molecule has 1 atom stereocenters. The van der Waals surface area contributed by atoms with E-state index in [4.69, 9.17) is 5.26 Å². The fourth-order valence-electron chi connectivity index (χ4n) is 2.22. The van der Waals surface area contributed by atoms with Crippen LogP contribution in [0.25, 0.3) is 0 Å². The van der Waals surface area contributed by atoms with Crippen LogP contribution < -0.4 is 5.32 Å². The van der Waals surface area contributed by atoms with Crippen molar-refractivity contribution in [1.82, 2.24) is 14.7 Å². The van der Waals surface area contributed by atoms with Crippen LogP contribution in [-0.2, 0) is 7.05 Å². The van der Waals surface area contributed by atoms with Crippen LogP contribution in [0.2, 0.25) is 0 Å². The van der Waals surface area contributed by atoms with Gasteiger partial charge in [-0.3, -0.25) is 10.00 Å². The van der Waals surface area contributed by atoms with E-state index in [1.165, 1.54) is 4.68 Å². The van der Waals surface area contributed by atoms with Gasteiger partial charge in [-0.05, 0) is 18.8 Å². The number of nitrogens with one attached hydrogen (secondary N) is 1. The van der Waals surface area contributed by atoms with Crippen LogP contribution in [0.1, 0.15) is 25.3 Å². The number of carbonyl (C=O) groups is 1. The van der Waals surface area contributed by atoms with E-state index in [0.717, 1.165) is 25.9 Å². The number of anilines is 1. The number of piperidine rings is 1. The van der Waals surface area contributed by atoms with Crippen LogP contribution in [0.4, 0.5) is 10.6 Å². The van der Waals surface area contributed by atoms with Crippen LogP contribution >= 0.6 is 0 Å². The highest BCUT2D eigenvalue weighted by atomic mass is 16.2. The summed E-state index contributed by atoms with van der Waals surface area (Å²) in [5.74, 6) is 0.867. The summed E-state index contributed by atoms with van der Waals surface area (Å²) in [6, 6.07) is 1.85. The van der Waals surface area contributed by atoms with Crippen molar-refractivity contribution in [1.29, 1.82) is 5.26 Å². The molecule has 1 unspecified atom stereocenters. The molecule has 1 aromatic rings. The SMILES string of the molecule is CC1CCCN(C(=O)Nc2nn(C)cc2C#N)C1. The fourth-order valence-corrected chi connectivity index (χ4v) is 2.22. The van der Waals surface area contributed by atoms with E-state index in [0.29, 0.717) is 17.3 Å². The second-order valence-electron chi connectivity index (χ2n) is 4.80. The highest BCUT2D eigenvalue weighted by Gasteiger charge is 2.22. The summed E-state index contributed by atoms with van der Waals surface area (Å²) in [6.07, 6.45) is 3.78. The fraction of sp³-hybridized carbons (Fsp3) is 0.583. The summed E-state index contributed by atoms with van der Waals surface area (Å²) in [6.45, 7) is 3.67. The lowest BCUT2D eigenvalue weighted by Gasteiger charge is -2.30. The van der Waals surface area contributed by atoms with Crippen LogP contribution in [0.15, 0.2) is 6.20 Å². The highest BCUT2D eigenvalue weighted by molar-refractivity contribution is 5.89. The Hall–Kier alpha value is -2.03. The highest BCUT2D eigenvalue weighted by Crippen LogP contribution is 2.17. The van der Waals surface area contributed by atoms with Crippen molar-refractivity contribution < 1.29 is 4.79 Å². The molecule has 1 saturated heterocycles. The number of nitrogens with zero attached hydrogens (tertiary/aromatic N) is 4. The normalized spacial score (nSPS) is 19.4. The monoisotopic (exact) mass is 247 g/mol. The Balaban J connectivity index is 2.04. The summed E-state index contributed by atoms with van der Waals surface area (Å²) in [7, 11) is 1.72. The van der Waals surface area contributed by atoms with Gasteiger partial charge in [-0.1, -0.05) is 6.92 Å². The largest absolute Gasteiger partial charge is 0.324 e. The summed E-state index contributed by atoms with van der Waals surface area (Å²) in [4.78, 5) is 13.8. The van der Waals surface area contributed by atoms with E-state index in [-0.39, 0.29) is 6.03 Å². The first kappa shape index (κ1) is 12.4. The van der Waals surface area contributed by atoms with Gasteiger partial charge < -0.3 is 4.90 Å². The number of aryl methyl sites for hydroxylation is 1. The van der Waals surface area contributed by atoms with Crippen LogP contribution in [0.3, 0.4) is 0 Å². The summed E-state index contributed by atoms with van der Waals surface area (Å²) >= 11 is 0. The molecule has 6 heteroatoms. The van der Waals surface area contributed by atoms with E-state index < -0.39 is 0 Å². The van der Waals surface area contributed by atoms with E-state index in [1.807, 2.05) is 6.07 Å². The number of hydrogen-bond donors (Lipinski definition) is 1. The minimum absolute atomic E-state index is 0.170. The zero-order valence-corrected chi connectivity index (χ0v) is 10.7. The van der Waals surface area contributed by atoms with Gasteiger partial charge in [0.1, 0.15) is 11.6 Å². The van der Waals surface area contributed by atoms with E-state index in [2.05, 4.69) is 17.3 Å². The molecule has 0 aliphatic carbocycles. The molecule has 1 aliphatic heterocycles. The maximum Gasteiger partial charge on any atom is 0.323 e. The van der Waals surface area contributed by atoms with Gasteiger partial charge in [-0.15, -0.1) is 0 Å². The second-order valence-corrected chi connectivity index (χ2v) is 4.80. The Morgan fingerprint density at radius 1 is 1.67 bits per heavy atom. The van der Waals surface area contributed by atoms with Gasteiger partial charge in [0.2, 0.25) is 0 Å². The molecule has 1 N–H and O–H groups in total. The number of likely N-dealkylation sites (tertiary alicyclic amines) is 1. The third-order valence-electron chi connectivity index (χ3n) is 3.12. The van der Waals surface area contributed by atoms with Gasteiger partial charge in [0.15, 0.2) is 5.82 Å². The quantitative estimate of drug-likeness (QED) is 0.818. The average molecular weight is 247 g/mol. The number of rotatable bonds is 1. The molecule has 1 fully saturated rings. The van der Waals surface area contributed by atoms with Gasteiger partial charge in [0, 0.05) is 26.3 Å². The molecule has 18 heavy (non-hydrogen) atoms. The summed E-state index contributed by atoms with van der Waals surface area (Å²) < 4.78 is 1.52. The first-order valence-electron chi connectivity index (χ1n) is 6.10. The van der Waals surface area contributed by atoms with Gasteiger partial charge in [-0.2, -0.15) is 10.4 Å². The average Bonchev–Trinajstić information content (AvgIpc) is 2.69. The Bertz CT molecular complexity index is 487. The van der Waals surface area contributed by atoms with Gasteiger partial charge in [0.05, 0.1) is 0 Å². The molecular formula is C12H17N5O.